The van der Waals surface area contributed by atoms with Gasteiger partial charge in [0, 0.05) is 25.1 Å². The van der Waals surface area contributed by atoms with Gasteiger partial charge in [-0.25, -0.2) is 0 Å². The Morgan fingerprint density at radius 1 is 1.29 bits per heavy atom. The molecule has 0 saturated heterocycles. The summed E-state index contributed by atoms with van der Waals surface area (Å²) in [5.74, 6) is 0.999. The molecule has 0 radical (unpaired) electrons. The first-order chi connectivity index (χ1) is 11.6. The molecule has 0 N–H and O–H groups in total. The van der Waals surface area contributed by atoms with Crippen molar-refractivity contribution in [2.45, 2.75) is 39.7 Å². The van der Waals surface area contributed by atoms with Crippen LogP contribution in [0.15, 0.2) is 48.6 Å². The van der Waals surface area contributed by atoms with E-state index < -0.39 is 0 Å². The maximum absolute atomic E-state index is 12.5. The van der Waals surface area contributed by atoms with E-state index in [-0.39, 0.29) is 11.9 Å². The summed E-state index contributed by atoms with van der Waals surface area (Å²) in [5.41, 5.74) is 2.26. The van der Waals surface area contributed by atoms with E-state index in [1.165, 1.54) is 5.56 Å². The third kappa shape index (κ3) is 5.12. The number of amides is 1. The van der Waals surface area contributed by atoms with Crippen molar-refractivity contribution in [3.63, 3.8) is 0 Å². The summed E-state index contributed by atoms with van der Waals surface area (Å²) in [6.45, 7) is 7.54. The van der Waals surface area contributed by atoms with Gasteiger partial charge in [-0.1, -0.05) is 37.3 Å². The maximum atomic E-state index is 12.5. The largest absolute Gasteiger partial charge is 0.493 e. The maximum Gasteiger partial charge on any atom is 0.247 e. The van der Waals surface area contributed by atoms with Crippen molar-refractivity contribution in [2.24, 2.45) is 0 Å². The Morgan fingerprint density at radius 3 is 2.83 bits per heavy atom. The predicted molar refractivity (Wildman–Crippen MR) is 100 cm³/mol. The summed E-state index contributed by atoms with van der Waals surface area (Å²) >= 11 is 0. The van der Waals surface area contributed by atoms with Crippen molar-refractivity contribution < 1.29 is 9.53 Å². The second-order valence-corrected chi connectivity index (χ2v) is 6.15. The lowest BCUT2D eigenvalue weighted by atomic mass is 10.1. The van der Waals surface area contributed by atoms with Crippen LogP contribution >= 0.6 is 0 Å². The van der Waals surface area contributed by atoms with Crippen LogP contribution in [0, 0.1) is 0 Å². The highest BCUT2D eigenvalue weighted by Crippen LogP contribution is 2.26. The summed E-state index contributed by atoms with van der Waals surface area (Å²) < 4.78 is 5.51. The average Bonchev–Trinajstić information content (AvgIpc) is 3.03. The summed E-state index contributed by atoms with van der Waals surface area (Å²) in [6, 6.07) is 6.23. The summed E-state index contributed by atoms with van der Waals surface area (Å²) in [4.78, 5) is 14.3. The normalized spacial score (nSPS) is 14.0. The topological polar surface area (TPSA) is 29.5 Å². The first-order valence-electron chi connectivity index (χ1n) is 8.68. The van der Waals surface area contributed by atoms with E-state index in [9.17, 15) is 4.79 Å². The van der Waals surface area contributed by atoms with Crippen LogP contribution in [0.5, 0.6) is 5.75 Å². The number of hydrogen-bond acceptors (Lipinski definition) is 2. The van der Waals surface area contributed by atoms with Crippen molar-refractivity contribution in [3.05, 3.63) is 59.7 Å². The molecule has 0 unspecified atom stereocenters. The molecule has 1 heterocycles. The van der Waals surface area contributed by atoms with E-state index >= 15 is 0 Å². The fraction of sp³-hybridized carbons (Fsp3) is 0.381. The molecule has 0 bridgehead atoms. The standard InChI is InChI=1S/C21H27NO2/c1-4-5-6-7-8-14-22(17(2)3)21(23)12-10-18-9-11-20-19(16-18)13-15-24-20/h5-12,16-17H,4,13-15H2,1-3H3/b6-5-,8-7-,12-10+. The summed E-state index contributed by atoms with van der Waals surface area (Å²) in [5, 5.41) is 0. The van der Waals surface area contributed by atoms with E-state index in [4.69, 9.17) is 4.74 Å². The third-order valence-corrected chi connectivity index (χ3v) is 3.96. The number of benzene rings is 1. The quantitative estimate of drug-likeness (QED) is 0.549. The van der Waals surface area contributed by atoms with E-state index in [0.717, 1.165) is 30.8 Å². The molecule has 0 aromatic heterocycles. The zero-order chi connectivity index (χ0) is 17.4. The van der Waals surface area contributed by atoms with Gasteiger partial charge >= 0.3 is 0 Å². The molecule has 2 rings (SSSR count). The number of carbonyl (C=O) groups is 1. The minimum atomic E-state index is 0.0332. The molecule has 1 aromatic carbocycles. The molecule has 3 nitrogen and oxygen atoms in total. The number of nitrogens with zero attached hydrogens (tertiary/aromatic N) is 1. The molecule has 0 spiro atoms. The Balaban J connectivity index is 1.99. The molecule has 3 heteroatoms. The lowest BCUT2D eigenvalue weighted by Crippen LogP contribution is -2.35. The smallest absolute Gasteiger partial charge is 0.247 e. The SMILES string of the molecule is CC/C=C\C=C/CN(C(=O)/C=C/c1ccc2c(c1)CCO2)C(C)C. The number of hydrogen-bond donors (Lipinski definition) is 0. The molecule has 1 aromatic rings. The van der Waals surface area contributed by atoms with Gasteiger partial charge in [0.25, 0.3) is 0 Å². The van der Waals surface area contributed by atoms with E-state index in [1.54, 1.807) is 6.08 Å². The number of carbonyl (C=O) groups excluding carboxylic acids is 1. The zero-order valence-corrected chi connectivity index (χ0v) is 14.9. The Labute approximate surface area is 145 Å². The zero-order valence-electron chi connectivity index (χ0n) is 14.9. The van der Waals surface area contributed by atoms with E-state index in [1.807, 2.05) is 55.2 Å². The first-order valence-corrected chi connectivity index (χ1v) is 8.68. The fourth-order valence-corrected chi connectivity index (χ4v) is 2.60. The Hall–Kier alpha value is -2.29. The Morgan fingerprint density at radius 2 is 2.08 bits per heavy atom. The number of allylic oxidation sites excluding steroid dienone is 3. The minimum Gasteiger partial charge on any atom is -0.493 e. The fourth-order valence-electron chi connectivity index (χ4n) is 2.60. The number of ether oxygens (including phenoxy) is 1. The van der Waals surface area contributed by atoms with Gasteiger partial charge in [-0.2, -0.15) is 0 Å². The molecule has 0 aliphatic carbocycles. The highest BCUT2D eigenvalue weighted by molar-refractivity contribution is 5.92. The van der Waals surface area contributed by atoms with Crippen molar-refractivity contribution in [2.75, 3.05) is 13.2 Å². The van der Waals surface area contributed by atoms with Crippen LogP contribution in [-0.4, -0.2) is 30.0 Å². The van der Waals surface area contributed by atoms with E-state index in [0.29, 0.717) is 6.54 Å². The second kappa shape index (κ2) is 9.11. The van der Waals surface area contributed by atoms with Crippen LogP contribution < -0.4 is 4.74 Å². The molecule has 1 amide bonds. The van der Waals surface area contributed by atoms with Crippen LogP contribution in [0.2, 0.25) is 0 Å². The van der Waals surface area contributed by atoms with Crippen LogP contribution in [-0.2, 0) is 11.2 Å². The molecule has 1 aliphatic heterocycles. The lowest BCUT2D eigenvalue weighted by molar-refractivity contribution is -0.126. The van der Waals surface area contributed by atoms with Gasteiger partial charge in [-0.05, 0) is 49.6 Å². The van der Waals surface area contributed by atoms with Crippen LogP contribution in [0.1, 0.15) is 38.3 Å². The van der Waals surface area contributed by atoms with E-state index in [2.05, 4.69) is 19.1 Å². The highest BCUT2D eigenvalue weighted by Gasteiger charge is 2.13. The third-order valence-electron chi connectivity index (χ3n) is 3.96. The molecule has 0 saturated carbocycles. The molecule has 0 atom stereocenters. The number of fused-ring (bicyclic) bond motifs is 1. The van der Waals surface area contributed by atoms with Crippen LogP contribution in [0.4, 0.5) is 0 Å². The molecule has 128 valence electrons. The molecule has 0 fully saturated rings. The lowest BCUT2D eigenvalue weighted by Gasteiger charge is -2.23. The number of rotatable bonds is 7. The average molecular weight is 325 g/mol. The monoisotopic (exact) mass is 325 g/mol. The van der Waals surface area contributed by atoms with Gasteiger partial charge in [0.2, 0.25) is 5.91 Å². The van der Waals surface area contributed by atoms with Gasteiger partial charge in [0.1, 0.15) is 5.75 Å². The first kappa shape index (κ1) is 18.1. The van der Waals surface area contributed by atoms with Gasteiger partial charge in [0.05, 0.1) is 6.61 Å². The molecule has 24 heavy (non-hydrogen) atoms. The van der Waals surface area contributed by atoms with Crippen molar-refractivity contribution >= 4 is 12.0 Å². The Kier molecular flexibility index (Phi) is 6.86. The Bertz CT molecular complexity index is 641. The summed E-state index contributed by atoms with van der Waals surface area (Å²) in [6.07, 6.45) is 13.6. The minimum absolute atomic E-state index is 0.0332. The van der Waals surface area contributed by atoms with Crippen LogP contribution in [0.3, 0.4) is 0 Å². The molecular formula is C21H27NO2. The highest BCUT2D eigenvalue weighted by atomic mass is 16.5. The van der Waals surface area contributed by atoms with Gasteiger partial charge in [-0.15, -0.1) is 0 Å². The predicted octanol–water partition coefficient (Wildman–Crippen LogP) is 4.39. The van der Waals surface area contributed by atoms with Crippen molar-refractivity contribution in [3.8, 4) is 5.75 Å². The molecule has 1 aliphatic rings. The second-order valence-electron chi connectivity index (χ2n) is 6.15. The molecular weight excluding hydrogens is 298 g/mol. The van der Waals surface area contributed by atoms with Crippen molar-refractivity contribution in [1.29, 1.82) is 0 Å². The summed E-state index contributed by atoms with van der Waals surface area (Å²) in [7, 11) is 0. The van der Waals surface area contributed by atoms with Gasteiger partial charge in [0.15, 0.2) is 0 Å². The van der Waals surface area contributed by atoms with Crippen molar-refractivity contribution in [1.82, 2.24) is 4.90 Å². The van der Waals surface area contributed by atoms with Crippen LogP contribution in [0.25, 0.3) is 6.08 Å². The van der Waals surface area contributed by atoms with Gasteiger partial charge in [-0.3, -0.25) is 4.79 Å². The van der Waals surface area contributed by atoms with Gasteiger partial charge < -0.3 is 9.64 Å².